The molecule has 26 heavy (non-hydrogen) atoms. The van der Waals surface area contributed by atoms with E-state index in [1.54, 1.807) is 29.9 Å². The Bertz CT molecular complexity index is 707. The van der Waals surface area contributed by atoms with Gasteiger partial charge in [0.1, 0.15) is 11.5 Å². The van der Waals surface area contributed by atoms with E-state index in [9.17, 15) is 9.18 Å². The summed E-state index contributed by atoms with van der Waals surface area (Å²) in [5.41, 5.74) is 1.94. The van der Waals surface area contributed by atoms with Crippen molar-refractivity contribution >= 4 is 5.91 Å². The van der Waals surface area contributed by atoms with E-state index >= 15 is 0 Å². The van der Waals surface area contributed by atoms with E-state index in [1.807, 2.05) is 6.92 Å². The minimum atomic E-state index is -0.291. The molecule has 0 saturated carbocycles. The Hall–Kier alpha value is -2.21. The Morgan fingerprint density at radius 2 is 1.92 bits per heavy atom. The second-order valence-electron chi connectivity index (χ2n) is 6.59. The van der Waals surface area contributed by atoms with Crippen LogP contribution in [0.4, 0.5) is 4.39 Å². The van der Waals surface area contributed by atoms with Crippen LogP contribution in [-0.4, -0.2) is 46.3 Å². The maximum atomic E-state index is 13.1. The molecule has 1 heterocycles. The molecular formula is C20H29FN4O. The molecular weight excluding hydrogens is 331 g/mol. The van der Waals surface area contributed by atoms with Gasteiger partial charge in [0.15, 0.2) is 0 Å². The quantitative estimate of drug-likeness (QED) is 0.745. The predicted molar refractivity (Wildman–Crippen MR) is 103 cm³/mol. The molecule has 1 unspecified atom stereocenters. The lowest BCUT2D eigenvalue weighted by molar-refractivity contribution is 0.0927. The molecule has 1 aromatic heterocycles. The first-order valence-electron chi connectivity index (χ1n) is 9.27. The molecule has 2 aromatic rings. The molecule has 0 aliphatic carbocycles. The molecule has 0 fully saturated rings. The van der Waals surface area contributed by atoms with E-state index in [0.717, 1.165) is 38.0 Å². The van der Waals surface area contributed by atoms with Gasteiger partial charge in [-0.05, 0) is 69.7 Å². The van der Waals surface area contributed by atoms with Crippen molar-refractivity contribution in [3.05, 3.63) is 41.8 Å². The van der Waals surface area contributed by atoms with Crippen molar-refractivity contribution in [2.45, 2.75) is 39.7 Å². The third kappa shape index (κ3) is 5.39. The van der Waals surface area contributed by atoms with Gasteiger partial charge in [0.25, 0.3) is 5.91 Å². The van der Waals surface area contributed by atoms with Crippen molar-refractivity contribution in [2.75, 3.05) is 19.6 Å². The van der Waals surface area contributed by atoms with Gasteiger partial charge in [-0.3, -0.25) is 9.48 Å². The van der Waals surface area contributed by atoms with E-state index in [-0.39, 0.29) is 17.8 Å². The largest absolute Gasteiger partial charge is 0.348 e. The number of halogens is 1. The Morgan fingerprint density at radius 3 is 2.54 bits per heavy atom. The maximum Gasteiger partial charge on any atom is 0.269 e. The highest BCUT2D eigenvalue weighted by molar-refractivity contribution is 5.93. The molecule has 142 valence electrons. The Balaban J connectivity index is 1.94. The van der Waals surface area contributed by atoms with E-state index in [1.165, 1.54) is 12.1 Å². The van der Waals surface area contributed by atoms with Gasteiger partial charge in [-0.1, -0.05) is 13.8 Å². The van der Waals surface area contributed by atoms with E-state index in [2.05, 4.69) is 29.2 Å². The minimum Gasteiger partial charge on any atom is -0.348 e. The second kappa shape index (κ2) is 9.48. The maximum absolute atomic E-state index is 13.1. The van der Waals surface area contributed by atoms with Crippen LogP contribution < -0.4 is 5.32 Å². The van der Waals surface area contributed by atoms with Gasteiger partial charge < -0.3 is 10.2 Å². The Morgan fingerprint density at radius 1 is 1.27 bits per heavy atom. The van der Waals surface area contributed by atoms with Crippen LogP contribution in [0.25, 0.3) is 11.3 Å². The number of nitrogens with one attached hydrogen (secondary N) is 1. The zero-order chi connectivity index (χ0) is 19.1. The molecule has 1 N–H and O–H groups in total. The highest BCUT2D eigenvalue weighted by Gasteiger charge is 2.16. The van der Waals surface area contributed by atoms with Crippen molar-refractivity contribution in [2.24, 2.45) is 7.05 Å². The fourth-order valence-electron chi connectivity index (χ4n) is 2.97. The Labute approximate surface area is 155 Å². The molecule has 0 bridgehead atoms. The monoisotopic (exact) mass is 360 g/mol. The van der Waals surface area contributed by atoms with Crippen LogP contribution >= 0.6 is 0 Å². The predicted octanol–water partition coefficient (Wildman–Crippen LogP) is 3.47. The third-order valence-electron chi connectivity index (χ3n) is 4.64. The summed E-state index contributed by atoms with van der Waals surface area (Å²) in [6.07, 6.45) is 1.99. The lowest BCUT2D eigenvalue weighted by Crippen LogP contribution is -2.34. The average molecular weight is 360 g/mol. The lowest BCUT2D eigenvalue weighted by Gasteiger charge is -2.19. The highest BCUT2D eigenvalue weighted by atomic mass is 19.1. The number of hydrogen-bond acceptors (Lipinski definition) is 3. The van der Waals surface area contributed by atoms with E-state index in [4.69, 9.17) is 0 Å². The number of amides is 1. The summed E-state index contributed by atoms with van der Waals surface area (Å²) >= 11 is 0. The molecule has 0 aliphatic heterocycles. The lowest BCUT2D eigenvalue weighted by atomic mass is 10.1. The molecule has 6 heteroatoms. The molecule has 0 saturated heterocycles. The number of carbonyl (C=O) groups is 1. The van der Waals surface area contributed by atoms with Crippen LogP contribution in [0.2, 0.25) is 0 Å². The summed E-state index contributed by atoms with van der Waals surface area (Å²) in [5, 5.41) is 7.42. The van der Waals surface area contributed by atoms with Gasteiger partial charge in [0, 0.05) is 18.7 Å². The number of aromatic nitrogens is 2. The van der Waals surface area contributed by atoms with Crippen molar-refractivity contribution in [3.8, 4) is 11.3 Å². The van der Waals surface area contributed by atoms with Gasteiger partial charge in [-0.2, -0.15) is 5.10 Å². The van der Waals surface area contributed by atoms with Gasteiger partial charge in [-0.15, -0.1) is 0 Å². The van der Waals surface area contributed by atoms with Crippen LogP contribution in [0.15, 0.2) is 30.3 Å². The zero-order valence-electron chi connectivity index (χ0n) is 16.1. The number of rotatable bonds is 9. The molecule has 1 aromatic carbocycles. The van der Waals surface area contributed by atoms with Crippen LogP contribution in [0.3, 0.4) is 0 Å². The fourth-order valence-corrected chi connectivity index (χ4v) is 2.97. The number of carbonyl (C=O) groups excluding carboxylic acids is 1. The van der Waals surface area contributed by atoms with Crippen LogP contribution in [0.5, 0.6) is 0 Å². The van der Waals surface area contributed by atoms with Gasteiger partial charge >= 0.3 is 0 Å². The first-order valence-corrected chi connectivity index (χ1v) is 9.27. The number of benzene rings is 1. The Kier molecular flexibility index (Phi) is 7.33. The van der Waals surface area contributed by atoms with Crippen molar-refractivity contribution in [1.82, 2.24) is 20.0 Å². The molecule has 0 aliphatic rings. The normalized spacial score (nSPS) is 12.4. The van der Waals surface area contributed by atoms with Crippen LogP contribution in [0.1, 0.15) is 44.1 Å². The van der Waals surface area contributed by atoms with Crippen LogP contribution in [-0.2, 0) is 7.05 Å². The van der Waals surface area contributed by atoms with Crippen molar-refractivity contribution in [1.29, 1.82) is 0 Å². The molecule has 2 rings (SSSR count). The fraction of sp³-hybridized carbons (Fsp3) is 0.500. The summed E-state index contributed by atoms with van der Waals surface area (Å²) in [4.78, 5) is 14.9. The average Bonchev–Trinajstić information content (AvgIpc) is 3.01. The molecule has 1 atom stereocenters. The first-order chi connectivity index (χ1) is 12.4. The minimum absolute atomic E-state index is 0.0993. The number of aryl methyl sites for hydroxylation is 1. The van der Waals surface area contributed by atoms with E-state index < -0.39 is 0 Å². The summed E-state index contributed by atoms with van der Waals surface area (Å²) in [7, 11) is 1.74. The third-order valence-corrected chi connectivity index (χ3v) is 4.64. The molecule has 0 radical (unpaired) electrons. The summed E-state index contributed by atoms with van der Waals surface area (Å²) in [6.45, 7) is 9.51. The van der Waals surface area contributed by atoms with Crippen molar-refractivity contribution < 1.29 is 9.18 Å². The number of nitrogens with zero attached hydrogens (tertiary/aromatic N) is 3. The molecule has 0 spiro atoms. The summed E-state index contributed by atoms with van der Waals surface area (Å²) in [5.74, 6) is -0.426. The van der Waals surface area contributed by atoms with Gasteiger partial charge in [-0.25, -0.2) is 4.39 Å². The van der Waals surface area contributed by atoms with Crippen LogP contribution in [0, 0.1) is 5.82 Å². The standard InChI is InChI=1S/C20H29FN4O/c1-5-25(6-2)13-7-8-15(3)22-20(26)19-14-18(23-24(19)4)16-9-11-17(21)12-10-16/h9-12,14-15H,5-8,13H2,1-4H3,(H,22,26). The van der Waals surface area contributed by atoms with Gasteiger partial charge in [0.2, 0.25) is 0 Å². The van der Waals surface area contributed by atoms with Gasteiger partial charge in [0.05, 0.1) is 5.69 Å². The second-order valence-corrected chi connectivity index (χ2v) is 6.59. The smallest absolute Gasteiger partial charge is 0.269 e. The number of hydrogen-bond donors (Lipinski definition) is 1. The summed E-state index contributed by atoms with van der Waals surface area (Å²) in [6, 6.07) is 7.95. The first kappa shape index (κ1) is 20.1. The zero-order valence-corrected chi connectivity index (χ0v) is 16.1. The topological polar surface area (TPSA) is 50.2 Å². The van der Waals surface area contributed by atoms with E-state index in [0.29, 0.717) is 11.4 Å². The summed E-state index contributed by atoms with van der Waals surface area (Å²) < 4.78 is 14.6. The molecule has 1 amide bonds. The molecule has 5 nitrogen and oxygen atoms in total. The van der Waals surface area contributed by atoms with Crippen molar-refractivity contribution in [3.63, 3.8) is 0 Å². The SMILES string of the molecule is CCN(CC)CCCC(C)NC(=O)c1cc(-c2ccc(F)cc2)nn1C. The highest BCUT2D eigenvalue weighted by Crippen LogP contribution is 2.19.